The third-order valence-electron chi connectivity index (χ3n) is 2.79. The molecule has 0 saturated heterocycles. The number of fused-ring (bicyclic) bond motifs is 1. The zero-order valence-electron chi connectivity index (χ0n) is 9.27. The van der Waals surface area contributed by atoms with Gasteiger partial charge in [0.2, 0.25) is 6.79 Å². The van der Waals surface area contributed by atoms with Crippen LogP contribution in [-0.2, 0) is 6.61 Å². The molecule has 17 heavy (non-hydrogen) atoms. The van der Waals surface area contributed by atoms with E-state index in [4.69, 9.17) is 14.0 Å². The van der Waals surface area contributed by atoms with E-state index in [-0.39, 0.29) is 13.4 Å². The molecule has 1 N–H and O–H groups in total. The van der Waals surface area contributed by atoms with E-state index < -0.39 is 0 Å². The highest BCUT2D eigenvalue weighted by Crippen LogP contribution is 2.36. The van der Waals surface area contributed by atoms with E-state index in [0.717, 1.165) is 11.3 Å². The van der Waals surface area contributed by atoms with E-state index >= 15 is 0 Å². The first-order valence-electron chi connectivity index (χ1n) is 5.25. The summed E-state index contributed by atoms with van der Waals surface area (Å²) in [6.07, 6.45) is 0. The molecule has 1 aromatic heterocycles. The van der Waals surface area contributed by atoms with Gasteiger partial charge in [-0.15, -0.1) is 0 Å². The van der Waals surface area contributed by atoms with Crippen molar-refractivity contribution in [3.05, 3.63) is 29.5 Å². The number of hydrogen-bond acceptors (Lipinski definition) is 5. The van der Waals surface area contributed by atoms with Crippen LogP contribution in [0.4, 0.5) is 0 Å². The lowest BCUT2D eigenvalue weighted by atomic mass is 10.1. The molecule has 0 fully saturated rings. The van der Waals surface area contributed by atoms with E-state index in [1.165, 1.54) is 0 Å². The Morgan fingerprint density at radius 3 is 2.94 bits per heavy atom. The molecule has 5 heteroatoms. The number of rotatable bonds is 2. The van der Waals surface area contributed by atoms with Crippen molar-refractivity contribution < 1.29 is 19.1 Å². The fourth-order valence-corrected chi connectivity index (χ4v) is 1.85. The van der Waals surface area contributed by atoms with Crippen LogP contribution >= 0.6 is 0 Å². The summed E-state index contributed by atoms with van der Waals surface area (Å²) in [5.74, 6) is 2.03. The molecule has 5 nitrogen and oxygen atoms in total. The average Bonchev–Trinajstić information content (AvgIpc) is 2.93. The predicted molar refractivity (Wildman–Crippen MR) is 58.7 cm³/mol. The van der Waals surface area contributed by atoms with Crippen molar-refractivity contribution in [2.45, 2.75) is 13.5 Å². The molecule has 1 aromatic carbocycles. The molecule has 0 radical (unpaired) electrons. The van der Waals surface area contributed by atoms with Gasteiger partial charge < -0.3 is 19.1 Å². The molecule has 1 aliphatic heterocycles. The Morgan fingerprint density at radius 1 is 1.29 bits per heavy atom. The van der Waals surface area contributed by atoms with Gasteiger partial charge in [0.05, 0.1) is 6.61 Å². The summed E-state index contributed by atoms with van der Waals surface area (Å²) in [6.45, 7) is 1.91. The van der Waals surface area contributed by atoms with Crippen molar-refractivity contribution in [3.63, 3.8) is 0 Å². The van der Waals surface area contributed by atoms with Gasteiger partial charge in [0.25, 0.3) is 0 Å². The normalized spacial score (nSPS) is 13.1. The van der Waals surface area contributed by atoms with Gasteiger partial charge in [0, 0.05) is 11.1 Å². The van der Waals surface area contributed by atoms with Crippen LogP contribution in [-0.4, -0.2) is 17.1 Å². The van der Waals surface area contributed by atoms with Gasteiger partial charge in [-0.05, 0) is 25.1 Å². The van der Waals surface area contributed by atoms with Gasteiger partial charge in [-0.25, -0.2) is 0 Å². The molecule has 0 unspecified atom stereocenters. The van der Waals surface area contributed by atoms with Gasteiger partial charge in [0.1, 0.15) is 11.5 Å². The van der Waals surface area contributed by atoms with Gasteiger partial charge in [-0.3, -0.25) is 0 Å². The molecule has 2 aromatic rings. The van der Waals surface area contributed by atoms with Gasteiger partial charge in [0.15, 0.2) is 11.5 Å². The maximum Gasteiger partial charge on any atom is 0.231 e. The molecular formula is C12H11NO4. The molecule has 0 spiro atoms. The summed E-state index contributed by atoms with van der Waals surface area (Å²) < 4.78 is 15.6. The van der Waals surface area contributed by atoms with Crippen molar-refractivity contribution in [1.82, 2.24) is 5.16 Å². The second-order valence-corrected chi connectivity index (χ2v) is 3.79. The van der Waals surface area contributed by atoms with Gasteiger partial charge in [-0.1, -0.05) is 5.16 Å². The molecule has 0 aliphatic carbocycles. The summed E-state index contributed by atoms with van der Waals surface area (Å²) in [4.78, 5) is 0. The molecule has 0 bridgehead atoms. The summed E-state index contributed by atoms with van der Waals surface area (Å²) in [5.41, 5.74) is 2.18. The lowest BCUT2D eigenvalue weighted by Crippen LogP contribution is -1.92. The van der Waals surface area contributed by atoms with Crippen molar-refractivity contribution in [1.29, 1.82) is 0 Å². The van der Waals surface area contributed by atoms with E-state index in [0.29, 0.717) is 22.8 Å². The summed E-state index contributed by atoms with van der Waals surface area (Å²) >= 11 is 0. The zero-order valence-corrected chi connectivity index (χ0v) is 9.27. The minimum absolute atomic E-state index is 0.0981. The highest BCUT2D eigenvalue weighted by molar-refractivity contribution is 5.67. The number of nitrogens with zero attached hydrogens (tertiary/aromatic N) is 1. The predicted octanol–water partition coefficient (Wildman–Crippen LogP) is 1.87. The minimum atomic E-state index is -0.0981. The maximum absolute atomic E-state index is 9.29. The SMILES string of the molecule is Cc1onc(-c2ccc3c(c2)OCO3)c1CO. The molecule has 0 saturated carbocycles. The molecular weight excluding hydrogens is 222 g/mol. The number of aryl methyl sites for hydroxylation is 1. The molecule has 2 heterocycles. The van der Waals surface area contributed by atoms with E-state index in [1.54, 1.807) is 6.92 Å². The Morgan fingerprint density at radius 2 is 2.12 bits per heavy atom. The van der Waals surface area contributed by atoms with Crippen molar-refractivity contribution >= 4 is 0 Å². The third kappa shape index (κ3) is 1.55. The minimum Gasteiger partial charge on any atom is -0.454 e. The number of benzene rings is 1. The van der Waals surface area contributed by atoms with E-state index in [9.17, 15) is 5.11 Å². The first-order valence-corrected chi connectivity index (χ1v) is 5.25. The van der Waals surface area contributed by atoms with Crippen LogP contribution in [0.1, 0.15) is 11.3 Å². The standard InChI is InChI=1S/C12H11NO4/c1-7-9(5-14)12(13-17-7)8-2-3-10-11(4-8)16-6-15-10/h2-4,14H,5-6H2,1H3. The van der Waals surface area contributed by atoms with Crippen LogP contribution in [0.15, 0.2) is 22.7 Å². The summed E-state index contributed by atoms with van der Waals surface area (Å²) in [5, 5.41) is 13.2. The molecule has 0 amide bonds. The van der Waals surface area contributed by atoms with Gasteiger partial charge in [-0.2, -0.15) is 0 Å². The first kappa shape index (κ1) is 10.2. The van der Waals surface area contributed by atoms with Crippen molar-refractivity contribution in [3.8, 4) is 22.8 Å². The summed E-state index contributed by atoms with van der Waals surface area (Å²) in [7, 11) is 0. The highest BCUT2D eigenvalue weighted by atomic mass is 16.7. The average molecular weight is 233 g/mol. The molecule has 88 valence electrons. The second kappa shape index (κ2) is 3.78. The second-order valence-electron chi connectivity index (χ2n) is 3.79. The van der Waals surface area contributed by atoms with Crippen LogP contribution in [0.2, 0.25) is 0 Å². The monoisotopic (exact) mass is 233 g/mol. The van der Waals surface area contributed by atoms with Crippen LogP contribution in [0, 0.1) is 6.92 Å². The van der Waals surface area contributed by atoms with Crippen molar-refractivity contribution in [2.75, 3.05) is 6.79 Å². The largest absolute Gasteiger partial charge is 0.454 e. The van der Waals surface area contributed by atoms with Crippen LogP contribution in [0.25, 0.3) is 11.3 Å². The van der Waals surface area contributed by atoms with Crippen molar-refractivity contribution in [2.24, 2.45) is 0 Å². The fraction of sp³-hybridized carbons (Fsp3) is 0.250. The Labute approximate surface area is 97.6 Å². The maximum atomic E-state index is 9.29. The first-order chi connectivity index (χ1) is 8.29. The van der Waals surface area contributed by atoms with Crippen LogP contribution in [0.3, 0.4) is 0 Å². The third-order valence-corrected chi connectivity index (χ3v) is 2.79. The highest BCUT2D eigenvalue weighted by Gasteiger charge is 2.18. The Kier molecular flexibility index (Phi) is 2.26. The van der Waals surface area contributed by atoms with Crippen LogP contribution in [0.5, 0.6) is 11.5 Å². The lowest BCUT2D eigenvalue weighted by Gasteiger charge is -2.01. The van der Waals surface area contributed by atoms with E-state index in [2.05, 4.69) is 5.16 Å². The van der Waals surface area contributed by atoms with Gasteiger partial charge >= 0.3 is 0 Å². The molecule has 1 aliphatic rings. The smallest absolute Gasteiger partial charge is 0.231 e. The summed E-state index contributed by atoms with van der Waals surface area (Å²) in [6, 6.07) is 5.52. The molecule has 0 atom stereocenters. The topological polar surface area (TPSA) is 64.7 Å². The number of aliphatic hydroxyl groups excluding tert-OH is 1. The number of aliphatic hydroxyl groups is 1. The molecule has 3 rings (SSSR count). The Balaban J connectivity index is 2.09. The Bertz CT molecular complexity index is 562. The zero-order chi connectivity index (χ0) is 11.8. The quantitative estimate of drug-likeness (QED) is 0.857. The fourth-order valence-electron chi connectivity index (χ4n) is 1.85. The number of hydrogen-bond donors (Lipinski definition) is 1. The number of aromatic nitrogens is 1. The number of ether oxygens (including phenoxy) is 2. The van der Waals surface area contributed by atoms with Crippen LogP contribution < -0.4 is 9.47 Å². The Hall–Kier alpha value is -2.01. The lowest BCUT2D eigenvalue weighted by molar-refractivity contribution is 0.174. The van der Waals surface area contributed by atoms with E-state index in [1.807, 2.05) is 18.2 Å².